The van der Waals surface area contributed by atoms with Crippen molar-refractivity contribution in [2.75, 3.05) is 13.2 Å². The summed E-state index contributed by atoms with van der Waals surface area (Å²) < 4.78 is 5.29. The Balaban J connectivity index is 2.19. The molecule has 1 fully saturated rings. The summed E-state index contributed by atoms with van der Waals surface area (Å²) in [5.41, 5.74) is 3.25. The smallest absolute Gasteiger partial charge is 0.0991 e. The summed E-state index contributed by atoms with van der Waals surface area (Å²) in [5, 5.41) is 8.78. The minimum absolute atomic E-state index is 0.719. The van der Waals surface area contributed by atoms with Crippen LogP contribution in [0.5, 0.6) is 0 Å². The van der Waals surface area contributed by atoms with Crippen molar-refractivity contribution in [1.82, 2.24) is 0 Å². The molecule has 0 unspecified atom stereocenters. The van der Waals surface area contributed by atoms with E-state index in [0.717, 1.165) is 37.2 Å². The molecular formula is C13H13NO. The van der Waals surface area contributed by atoms with E-state index in [9.17, 15) is 0 Å². The monoisotopic (exact) mass is 199 g/mol. The first-order chi connectivity index (χ1) is 7.38. The first-order valence-electron chi connectivity index (χ1n) is 5.16. The summed E-state index contributed by atoms with van der Waals surface area (Å²) in [5.74, 6) is 0. The van der Waals surface area contributed by atoms with Crippen LogP contribution in [-0.2, 0) is 4.74 Å². The minimum Gasteiger partial charge on any atom is -0.381 e. The Hall–Kier alpha value is -1.59. The van der Waals surface area contributed by atoms with E-state index >= 15 is 0 Å². The molecule has 0 radical (unpaired) electrons. The average molecular weight is 199 g/mol. The Bertz CT molecular complexity index is 407. The predicted octanol–water partition coefficient (Wildman–Crippen LogP) is 2.75. The molecule has 2 heteroatoms. The van der Waals surface area contributed by atoms with E-state index in [1.807, 2.05) is 24.3 Å². The zero-order valence-electron chi connectivity index (χ0n) is 8.57. The van der Waals surface area contributed by atoms with Gasteiger partial charge in [-0.1, -0.05) is 23.8 Å². The second-order valence-corrected chi connectivity index (χ2v) is 3.65. The lowest BCUT2D eigenvalue weighted by Crippen LogP contribution is -2.06. The molecular weight excluding hydrogens is 186 g/mol. The fraction of sp³-hybridized carbons (Fsp3) is 0.308. The van der Waals surface area contributed by atoms with Crippen LogP contribution in [0, 0.1) is 11.3 Å². The number of nitrogens with zero attached hydrogens (tertiary/aromatic N) is 1. The lowest BCUT2D eigenvalue weighted by molar-refractivity contribution is 0.119. The van der Waals surface area contributed by atoms with E-state index in [4.69, 9.17) is 10.00 Å². The van der Waals surface area contributed by atoms with Gasteiger partial charge in [0.2, 0.25) is 0 Å². The maximum atomic E-state index is 8.78. The average Bonchev–Trinajstić information content (AvgIpc) is 2.31. The van der Waals surface area contributed by atoms with Gasteiger partial charge in [0.05, 0.1) is 24.8 Å². The highest BCUT2D eigenvalue weighted by atomic mass is 16.5. The predicted molar refractivity (Wildman–Crippen MR) is 59.2 cm³/mol. The maximum Gasteiger partial charge on any atom is 0.0991 e. The Morgan fingerprint density at radius 2 is 2.07 bits per heavy atom. The van der Waals surface area contributed by atoms with Gasteiger partial charge in [-0.2, -0.15) is 5.26 Å². The van der Waals surface area contributed by atoms with Crippen LogP contribution in [0.1, 0.15) is 24.0 Å². The zero-order valence-corrected chi connectivity index (χ0v) is 8.57. The Labute approximate surface area is 89.8 Å². The number of rotatable bonds is 1. The van der Waals surface area contributed by atoms with E-state index in [2.05, 4.69) is 12.1 Å². The van der Waals surface area contributed by atoms with Crippen LogP contribution < -0.4 is 0 Å². The number of benzene rings is 1. The number of hydrogen-bond donors (Lipinski definition) is 0. The highest BCUT2D eigenvalue weighted by Gasteiger charge is 2.05. The van der Waals surface area contributed by atoms with Crippen molar-refractivity contribution < 1.29 is 4.74 Å². The fourth-order valence-corrected chi connectivity index (χ4v) is 1.71. The van der Waals surface area contributed by atoms with Crippen molar-refractivity contribution in [1.29, 1.82) is 5.26 Å². The van der Waals surface area contributed by atoms with Crippen molar-refractivity contribution in [2.24, 2.45) is 0 Å². The van der Waals surface area contributed by atoms with E-state index in [1.165, 1.54) is 5.57 Å². The van der Waals surface area contributed by atoms with E-state index in [1.54, 1.807) is 0 Å². The van der Waals surface area contributed by atoms with Gasteiger partial charge in [0.25, 0.3) is 0 Å². The molecule has 0 N–H and O–H groups in total. The molecule has 15 heavy (non-hydrogen) atoms. The standard InChI is InChI=1S/C13H13NO/c14-10-13-3-1-2-12(9-13)8-11-4-6-15-7-5-11/h1-3,8-9H,4-7H2. The van der Waals surface area contributed by atoms with Crippen LogP contribution in [0.15, 0.2) is 29.8 Å². The van der Waals surface area contributed by atoms with Crippen LogP contribution in [0.4, 0.5) is 0 Å². The number of nitriles is 1. The SMILES string of the molecule is N#Cc1cccc(C=C2CCOCC2)c1. The molecule has 2 rings (SSSR count). The summed E-state index contributed by atoms with van der Waals surface area (Å²) in [4.78, 5) is 0. The van der Waals surface area contributed by atoms with Crippen LogP contribution in [0.2, 0.25) is 0 Å². The molecule has 1 aliphatic heterocycles. The highest BCUT2D eigenvalue weighted by Crippen LogP contribution is 2.17. The second-order valence-electron chi connectivity index (χ2n) is 3.65. The van der Waals surface area contributed by atoms with Gasteiger partial charge in [-0.15, -0.1) is 0 Å². The van der Waals surface area contributed by atoms with Crippen molar-refractivity contribution >= 4 is 6.08 Å². The molecule has 0 amide bonds. The van der Waals surface area contributed by atoms with Gasteiger partial charge < -0.3 is 4.74 Å². The Morgan fingerprint density at radius 1 is 1.27 bits per heavy atom. The molecule has 1 aromatic rings. The van der Waals surface area contributed by atoms with Gasteiger partial charge in [0, 0.05) is 0 Å². The first-order valence-corrected chi connectivity index (χ1v) is 5.16. The van der Waals surface area contributed by atoms with Crippen molar-refractivity contribution in [3.8, 4) is 6.07 Å². The third kappa shape index (κ3) is 2.68. The molecule has 76 valence electrons. The van der Waals surface area contributed by atoms with Crippen LogP contribution in [0.3, 0.4) is 0 Å². The maximum absolute atomic E-state index is 8.78. The Kier molecular flexibility index (Phi) is 3.16. The van der Waals surface area contributed by atoms with Gasteiger partial charge in [-0.25, -0.2) is 0 Å². The molecule has 2 nitrogen and oxygen atoms in total. The zero-order chi connectivity index (χ0) is 10.5. The minimum atomic E-state index is 0.719. The van der Waals surface area contributed by atoms with Crippen molar-refractivity contribution in [3.63, 3.8) is 0 Å². The molecule has 1 aromatic carbocycles. The molecule has 0 spiro atoms. The van der Waals surface area contributed by atoms with Gasteiger partial charge in [-0.05, 0) is 30.5 Å². The number of ether oxygens (including phenoxy) is 1. The Morgan fingerprint density at radius 3 is 2.80 bits per heavy atom. The normalized spacial score (nSPS) is 15.8. The summed E-state index contributed by atoms with van der Waals surface area (Å²) in [7, 11) is 0. The first kappa shape index (κ1) is 9.95. The molecule has 0 saturated carbocycles. The van der Waals surface area contributed by atoms with Crippen LogP contribution >= 0.6 is 0 Å². The van der Waals surface area contributed by atoms with Gasteiger partial charge >= 0.3 is 0 Å². The van der Waals surface area contributed by atoms with Crippen molar-refractivity contribution in [3.05, 3.63) is 41.0 Å². The third-order valence-electron chi connectivity index (χ3n) is 2.52. The van der Waals surface area contributed by atoms with E-state index in [-0.39, 0.29) is 0 Å². The lowest BCUT2D eigenvalue weighted by atomic mass is 10.0. The third-order valence-corrected chi connectivity index (χ3v) is 2.52. The summed E-state index contributed by atoms with van der Waals surface area (Å²) in [6.45, 7) is 1.65. The summed E-state index contributed by atoms with van der Waals surface area (Å²) in [6.07, 6.45) is 4.19. The molecule has 0 bridgehead atoms. The quantitative estimate of drug-likeness (QED) is 0.696. The molecule has 1 heterocycles. The van der Waals surface area contributed by atoms with Gasteiger partial charge in [-0.3, -0.25) is 0 Å². The number of hydrogen-bond acceptors (Lipinski definition) is 2. The van der Waals surface area contributed by atoms with Crippen LogP contribution in [-0.4, -0.2) is 13.2 Å². The van der Waals surface area contributed by atoms with Crippen molar-refractivity contribution in [2.45, 2.75) is 12.8 Å². The largest absolute Gasteiger partial charge is 0.381 e. The molecule has 0 atom stereocenters. The summed E-state index contributed by atoms with van der Waals surface area (Å²) in [6, 6.07) is 9.85. The molecule has 1 saturated heterocycles. The van der Waals surface area contributed by atoms with Crippen LogP contribution in [0.25, 0.3) is 6.08 Å². The molecule has 0 aliphatic carbocycles. The second kappa shape index (κ2) is 4.77. The van der Waals surface area contributed by atoms with Gasteiger partial charge in [0.1, 0.15) is 0 Å². The van der Waals surface area contributed by atoms with E-state index in [0.29, 0.717) is 0 Å². The van der Waals surface area contributed by atoms with E-state index < -0.39 is 0 Å². The summed E-state index contributed by atoms with van der Waals surface area (Å²) >= 11 is 0. The highest BCUT2D eigenvalue weighted by molar-refractivity contribution is 5.55. The molecule has 1 aliphatic rings. The fourth-order valence-electron chi connectivity index (χ4n) is 1.71. The molecule has 0 aromatic heterocycles. The lowest BCUT2D eigenvalue weighted by Gasteiger charge is -2.14. The topological polar surface area (TPSA) is 33.0 Å². The van der Waals surface area contributed by atoms with Gasteiger partial charge in [0.15, 0.2) is 0 Å².